The summed E-state index contributed by atoms with van der Waals surface area (Å²) < 4.78 is 0. The highest BCUT2D eigenvalue weighted by Gasteiger charge is 2.13. The van der Waals surface area contributed by atoms with E-state index in [-0.39, 0.29) is 0 Å². The van der Waals surface area contributed by atoms with Crippen LogP contribution in [0, 0.1) is 0 Å². The molecule has 0 aromatic carbocycles. The van der Waals surface area contributed by atoms with Gasteiger partial charge >= 0.3 is 0 Å². The van der Waals surface area contributed by atoms with Crippen molar-refractivity contribution < 1.29 is 9.78 Å². The van der Waals surface area contributed by atoms with Crippen molar-refractivity contribution in [1.29, 1.82) is 0 Å². The lowest BCUT2D eigenvalue weighted by molar-refractivity contribution is -0.261. The van der Waals surface area contributed by atoms with E-state index >= 15 is 0 Å². The molecule has 0 bridgehead atoms. The van der Waals surface area contributed by atoms with Crippen molar-refractivity contribution in [2.24, 2.45) is 0 Å². The van der Waals surface area contributed by atoms with E-state index in [0.29, 0.717) is 6.61 Å². The van der Waals surface area contributed by atoms with Crippen LogP contribution in [0.4, 0.5) is 0 Å². The average Bonchev–Trinajstić information content (AvgIpc) is 2.62. The second kappa shape index (κ2) is 4.05. The molecule has 0 radical (unpaired) electrons. The summed E-state index contributed by atoms with van der Waals surface area (Å²) >= 11 is 1.83. The van der Waals surface area contributed by atoms with Crippen LogP contribution in [0.2, 0.25) is 0 Å². The number of thiophene rings is 1. The Kier molecular flexibility index (Phi) is 2.78. The zero-order valence-electron chi connectivity index (χ0n) is 7.58. The number of rotatable bonds is 3. The van der Waals surface area contributed by atoms with E-state index < -0.39 is 0 Å². The van der Waals surface area contributed by atoms with Crippen molar-refractivity contribution in [2.75, 3.05) is 13.7 Å². The molecule has 2 nitrogen and oxygen atoms in total. The summed E-state index contributed by atoms with van der Waals surface area (Å²) in [5, 5.41) is 2.14. The van der Waals surface area contributed by atoms with Gasteiger partial charge in [0.15, 0.2) is 0 Å². The van der Waals surface area contributed by atoms with Gasteiger partial charge < -0.3 is 0 Å². The summed E-state index contributed by atoms with van der Waals surface area (Å²) in [5.74, 6) is 0. The van der Waals surface area contributed by atoms with Crippen molar-refractivity contribution in [3.63, 3.8) is 0 Å². The summed E-state index contributed by atoms with van der Waals surface area (Å²) in [7, 11) is 1.54. The molecule has 0 amide bonds. The molecule has 2 rings (SSSR count). The van der Waals surface area contributed by atoms with Gasteiger partial charge in [0.1, 0.15) is 6.61 Å². The average molecular weight is 196 g/mol. The summed E-state index contributed by atoms with van der Waals surface area (Å²) in [4.78, 5) is 11.0. The van der Waals surface area contributed by atoms with Gasteiger partial charge in [-0.15, -0.1) is 11.3 Å². The van der Waals surface area contributed by atoms with Gasteiger partial charge in [-0.2, -0.15) is 0 Å². The molecular formula is C10H12O2S. The number of fused-ring (bicyclic) bond motifs is 1. The number of hydrogen-bond donors (Lipinski definition) is 0. The molecule has 3 heteroatoms. The normalized spacial score (nSPS) is 15.3. The molecule has 1 aromatic heterocycles. The number of allylic oxidation sites excluding steroid dienone is 1. The summed E-state index contributed by atoms with van der Waals surface area (Å²) in [6.07, 6.45) is 4.52. The molecule has 1 heterocycles. The maximum absolute atomic E-state index is 4.94. The molecule has 0 spiro atoms. The van der Waals surface area contributed by atoms with Crippen LogP contribution in [0.1, 0.15) is 16.9 Å². The fraction of sp³-hybridized carbons (Fsp3) is 0.400. The van der Waals surface area contributed by atoms with Crippen LogP contribution in [-0.4, -0.2) is 13.7 Å². The van der Waals surface area contributed by atoms with Crippen LogP contribution in [0.3, 0.4) is 0 Å². The lowest BCUT2D eigenvalue weighted by Gasteiger charge is -2.12. The fourth-order valence-electron chi connectivity index (χ4n) is 1.57. The van der Waals surface area contributed by atoms with Gasteiger partial charge in [-0.3, -0.25) is 0 Å². The maximum Gasteiger partial charge on any atom is 0.108 e. The highest BCUT2D eigenvalue weighted by atomic mass is 32.1. The summed E-state index contributed by atoms with van der Waals surface area (Å²) in [6, 6.07) is 2.16. The Morgan fingerprint density at radius 3 is 3.31 bits per heavy atom. The molecule has 0 aliphatic heterocycles. The van der Waals surface area contributed by atoms with E-state index in [9.17, 15) is 0 Å². The van der Waals surface area contributed by atoms with Gasteiger partial charge in [-0.25, -0.2) is 9.78 Å². The van der Waals surface area contributed by atoms with Gasteiger partial charge in [0.05, 0.1) is 7.11 Å². The Balaban J connectivity index is 2.15. The summed E-state index contributed by atoms with van der Waals surface area (Å²) in [6.45, 7) is 0.556. The van der Waals surface area contributed by atoms with Crippen molar-refractivity contribution in [3.05, 3.63) is 28.0 Å². The standard InChI is InChI=1S/C10H12O2S/c1-11-12-7-8-3-2-4-10-9(8)5-6-13-10/h3,5-6H,2,4,7H2,1H3. The number of aryl methyl sites for hydroxylation is 1. The first-order valence-corrected chi connectivity index (χ1v) is 5.21. The predicted octanol–water partition coefficient (Wildman–Crippen LogP) is 2.66. The zero-order valence-corrected chi connectivity index (χ0v) is 8.39. The highest BCUT2D eigenvalue weighted by Crippen LogP contribution is 2.30. The fourth-order valence-corrected chi connectivity index (χ4v) is 2.50. The topological polar surface area (TPSA) is 18.5 Å². The van der Waals surface area contributed by atoms with Crippen LogP contribution in [0.5, 0.6) is 0 Å². The lowest BCUT2D eigenvalue weighted by atomic mass is 9.99. The Bertz CT molecular complexity index is 314. The highest BCUT2D eigenvalue weighted by molar-refractivity contribution is 7.10. The Morgan fingerprint density at radius 2 is 2.46 bits per heavy atom. The van der Waals surface area contributed by atoms with Crippen LogP contribution in [-0.2, 0) is 16.2 Å². The van der Waals surface area contributed by atoms with Gasteiger partial charge in [-0.1, -0.05) is 6.08 Å². The van der Waals surface area contributed by atoms with Gasteiger partial charge in [0.25, 0.3) is 0 Å². The third-order valence-electron chi connectivity index (χ3n) is 2.19. The Labute approximate surface area is 81.7 Å². The Morgan fingerprint density at radius 1 is 1.54 bits per heavy atom. The van der Waals surface area contributed by atoms with Gasteiger partial charge in [0.2, 0.25) is 0 Å². The predicted molar refractivity (Wildman–Crippen MR) is 53.6 cm³/mol. The minimum Gasteiger partial charge on any atom is -0.240 e. The molecule has 0 saturated heterocycles. The van der Waals surface area contributed by atoms with E-state index in [1.807, 2.05) is 11.3 Å². The third-order valence-corrected chi connectivity index (χ3v) is 3.17. The second-order valence-corrected chi connectivity index (χ2v) is 3.96. The molecule has 1 aliphatic carbocycles. The third kappa shape index (κ3) is 1.82. The molecule has 0 unspecified atom stereocenters. The van der Waals surface area contributed by atoms with Gasteiger partial charge in [0, 0.05) is 4.88 Å². The first kappa shape index (κ1) is 8.94. The molecular weight excluding hydrogens is 184 g/mol. The smallest absolute Gasteiger partial charge is 0.108 e. The molecule has 1 aromatic rings. The van der Waals surface area contributed by atoms with Crippen molar-refractivity contribution in [2.45, 2.75) is 12.8 Å². The minimum absolute atomic E-state index is 0.556. The van der Waals surface area contributed by atoms with Crippen LogP contribution in [0.25, 0.3) is 5.57 Å². The van der Waals surface area contributed by atoms with Crippen LogP contribution < -0.4 is 0 Å². The van der Waals surface area contributed by atoms with Crippen molar-refractivity contribution in [3.8, 4) is 0 Å². The molecule has 1 aliphatic rings. The first-order valence-electron chi connectivity index (χ1n) is 4.33. The molecule has 0 N–H and O–H groups in total. The van der Waals surface area contributed by atoms with E-state index in [0.717, 1.165) is 6.42 Å². The molecule has 0 saturated carbocycles. The molecule has 13 heavy (non-hydrogen) atoms. The monoisotopic (exact) mass is 196 g/mol. The maximum atomic E-state index is 4.94. The largest absolute Gasteiger partial charge is 0.240 e. The van der Waals surface area contributed by atoms with Crippen LogP contribution >= 0.6 is 11.3 Å². The van der Waals surface area contributed by atoms with Crippen molar-refractivity contribution >= 4 is 16.9 Å². The van der Waals surface area contributed by atoms with E-state index in [2.05, 4.69) is 22.4 Å². The quantitative estimate of drug-likeness (QED) is 0.546. The lowest BCUT2D eigenvalue weighted by Crippen LogP contribution is -2.02. The zero-order chi connectivity index (χ0) is 9.10. The minimum atomic E-state index is 0.556. The second-order valence-electron chi connectivity index (χ2n) is 2.95. The molecule has 70 valence electrons. The first-order chi connectivity index (χ1) is 6.42. The van der Waals surface area contributed by atoms with Gasteiger partial charge in [-0.05, 0) is 35.4 Å². The van der Waals surface area contributed by atoms with E-state index in [1.54, 1.807) is 0 Å². The molecule has 0 fully saturated rings. The van der Waals surface area contributed by atoms with Crippen molar-refractivity contribution in [1.82, 2.24) is 0 Å². The SMILES string of the molecule is COOCC1=CCCc2sccc21. The molecule has 0 atom stereocenters. The summed E-state index contributed by atoms with van der Waals surface area (Å²) in [5.41, 5.74) is 2.60. The van der Waals surface area contributed by atoms with Crippen LogP contribution in [0.15, 0.2) is 17.5 Å². The Hall–Kier alpha value is -0.640. The number of hydrogen-bond acceptors (Lipinski definition) is 3. The van der Waals surface area contributed by atoms with E-state index in [1.165, 1.54) is 29.5 Å². The van der Waals surface area contributed by atoms with E-state index in [4.69, 9.17) is 4.89 Å².